The highest BCUT2D eigenvalue weighted by molar-refractivity contribution is 5.88. The monoisotopic (exact) mass is 292 g/mol. The Hall–Kier alpha value is -1.71. The third-order valence-corrected chi connectivity index (χ3v) is 4.10. The molecular weight excluding hydrogens is 268 g/mol. The molecule has 21 heavy (non-hydrogen) atoms. The minimum Gasteiger partial charge on any atom is -0.493 e. The standard InChI is InChI=1S/C17H24O4/c1-4-11(2)9-20-15-6-13(17(18)19)7-16(8-15)21-10-14-5-12(14)3/h6-8,11-12,14H,4-5,9-10H2,1-3H3,(H,18,19). The summed E-state index contributed by atoms with van der Waals surface area (Å²) < 4.78 is 11.4. The summed E-state index contributed by atoms with van der Waals surface area (Å²) in [5, 5.41) is 9.18. The summed E-state index contributed by atoms with van der Waals surface area (Å²) in [5.41, 5.74) is 0.204. The fraction of sp³-hybridized carbons (Fsp3) is 0.588. The summed E-state index contributed by atoms with van der Waals surface area (Å²) >= 11 is 0. The lowest BCUT2D eigenvalue weighted by atomic mass is 10.1. The molecule has 1 fully saturated rings. The van der Waals surface area contributed by atoms with Crippen LogP contribution in [0.5, 0.6) is 11.5 Å². The Morgan fingerprint density at radius 1 is 1.33 bits per heavy atom. The van der Waals surface area contributed by atoms with Gasteiger partial charge in [-0.1, -0.05) is 27.2 Å². The van der Waals surface area contributed by atoms with E-state index in [2.05, 4.69) is 20.8 Å². The van der Waals surface area contributed by atoms with Crippen molar-refractivity contribution < 1.29 is 19.4 Å². The zero-order valence-corrected chi connectivity index (χ0v) is 13.0. The molecule has 4 nitrogen and oxygen atoms in total. The molecule has 0 spiro atoms. The van der Waals surface area contributed by atoms with Gasteiger partial charge in [0.05, 0.1) is 18.8 Å². The van der Waals surface area contributed by atoms with Gasteiger partial charge in [0.25, 0.3) is 0 Å². The molecule has 0 radical (unpaired) electrons. The van der Waals surface area contributed by atoms with E-state index in [4.69, 9.17) is 9.47 Å². The third-order valence-electron chi connectivity index (χ3n) is 4.10. The van der Waals surface area contributed by atoms with Crippen molar-refractivity contribution in [3.05, 3.63) is 23.8 Å². The molecule has 1 N–H and O–H groups in total. The van der Waals surface area contributed by atoms with Crippen molar-refractivity contribution in [3.63, 3.8) is 0 Å². The molecule has 116 valence electrons. The molecule has 3 unspecified atom stereocenters. The van der Waals surface area contributed by atoms with E-state index in [-0.39, 0.29) is 5.56 Å². The molecule has 1 saturated carbocycles. The molecule has 3 atom stereocenters. The summed E-state index contributed by atoms with van der Waals surface area (Å²) in [6.45, 7) is 7.63. The van der Waals surface area contributed by atoms with Crippen LogP contribution >= 0.6 is 0 Å². The fourth-order valence-electron chi connectivity index (χ4n) is 2.05. The van der Waals surface area contributed by atoms with Crippen molar-refractivity contribution in [2.45, 2.75) is 33.6 Å². The van der Waals surface area contributed by atoms with Gasteiger partial charge >= 0.3 is 5.97 Å². The largest absolute Gasteiger partial charge is 0.493 e. The van der Waals surface area contributed by atoms with Crippen molar-refractivity contribution in [3.8, 4) is 11.5 Å². The third kappa shape index (κ3) is 4.66. The Balaban J connectivity index is 2.04. The Kier molecular flexibility index (Phi) is 5.10. The first-order valence-corrected chi connectivity index (χ1v) is 7.63. The summed E-state index contributed by atoms with van der Waals surface area (Å²) in [6, 6.07) is 4.89. The molecule has 0 heterocycles. The van der Waals surface area contributed by atoms with Crippen LogP contribution in [0.4, 0.5) is 0 Å². The molecule has 0 amide bonds. The van der Waals surface area contributed by atoms with Crippen LogP contribution in [0.15, 0.2) is 18.2 Å². The van der Waals surface area contributed by atoms with Crippen LogP contribution in [0.25, 0.3) is 0 Å². The minimum absolute atomic E-state index is 0.204. The van der Waals surface area contributed by atoms with Crippen LogP contribution in [0, 0.1) is 17.8 Å². The first-order chi connectivity index (χ1) is 9.99. The van der Waals surface area contributed by atoms with E-state index in [0.29, 0.717) is 42.5 Å². The van der Waals surface area contributed by atoms with E-state index < -0.39 is 5.97 Å². The smallest absolute Gasteiger partial charge is 0.335 e. The van der Waals surface area contributed by atoms with Crippen LogP contribution in [0.3, 0.4) is 0 Å². The van der Waals surface area contributed by atoms with E-state index >= 15 is 0 Å². The van der Waals surface area contributed by atoms with E-state index in [1.165, 1.54) is 6.42 Å². The van der Waals surface area contributed by atoms with Crippen LogP contribution < -0.4 is 9.47 Å². The molecule has 1 aliphatic rings. The Bertz CT molecular complexity index is 471. The number of ether oxygens (including phenoxy) is 2. The number of hydrogen-bond donors (Lipinski definition) is 1. The van der Waals surface area contributed by atoms with Gasteiger partial charge < -0.3 is 14.6 Å². The molecule has 1 aromatic rings. The van der Waals surface area contributed by atoms with Crippen molar-refractivity contribution in [1.82, 2.24) is 0 Å². The van der Waals surface area contributed by atoms with Gasteiger partial charge in [0.15, 0.2) is 0 Å². The SMILES string of the molecule is CCC(C)COc1cc(OCC2CC2C)cc(C(=O)O)c1. The lowest BCUT2D eigenvalue weighted by molar-refractivity contribution is 0.0695. The quantitative estimate of drug-likeness (QED) is 0.791. The van der Waals surface area contributed by atoms with E-state index in [1.807, 2.05) is 0 Å². The Morgan fingerprint density at radius 2 is 1.95 bits per heavy atom. The van der Waals surface area contributed by atoms with E-state index in [1.54, 1.807) is 18.2 Å². The molecule has 0 aromatic heterocycles. The normalized spacial score (nSPS) is 21.7. The number of carbonyl (C=O) groups is 1. The van der Waals surface area contributed by atoms with Gasteiger partial charge in [-0.15, -0.1) is 0 Å². The predicted octanol–water partition coefficient (Wildman–Crippen LogP) is 3.84. The van der Waals surface area contributed by atoms with Gasteiger partial charge in [-0.05, 0) is 36.3 Å². The predicted molar refractivity (Wildman–Crippen MR) is 81.1 cm³/mol. The average Bonchev–Trinajstić information content (AvgIpc) is 3.18. The lowest BCUT2D eigenvalue weighted by Crippen LogP contribution is -2.09. The van der Waals surface area contributed by atoms with Gasteiger partial charge in [0, 0.05) is 6.07 Å². The van der Waals surface area contributed by atoms with Gasteiger partial charge in [-0.25, -0.2) is 4.79 Å². The first-order valence-electron chi connectivity index (χ1n) is 7.63. The number of aromatic carboxylic acids is 1. The highest BCUT2D eigenvalue weighted by atomic mass is 16.5. The number of carboxylic acids is 1. The van der Waals surface area contributed by atoms with Crippen LogP contribution in [-0.4, -0.2) is 24.3 Å². The van der Waals surface area contributed by atoms with Crippen LogP contribution in [-0.2, 0) is 0 Å². The van der Waals surface area contributed by atoms with Crippen molar-refractivity contribution in [1.29, 1.82) is 0 Å². The van der Waals surface area contributed by atoms with Gasteiger partial charge in [0.2, 0.25) is 0 Å². The summed E-state index contributed by atoms with van der Waals surface area (Å²) in [5.74, 6) is 1.93. The maximum atomic E-state index is 11.2. The zero-order chi connectivity index (χ0) is 15.4. The summed E-state index contributed by atoms with van der Waals surface area (Å²) in [7, 11) is 0. The van der Waals surface area contributed by atoms with E-state index in [0.717, 1.165) is 6.42 Å². The second-order valence-electron chi connectivity index (χ2n) is 6.11. The molecule has 1 aliphatic carbocycles. The molecule has 2 rings (SSSR count). The lowest BCUT2D eigenvalue weighted by Gasteiger charge is -2.13. The van der Waals surface area contributed by atoms with Crippen molar-refractivity contribution >= 4 is 5.97 Å². The fourth-order valence-corrected chi connectivity index (χ4v) is 2.05. The van der Waals surface area contributed by atoms with Crippen LogP contribution in [0.2, 0.25) is 0 Å². The first kappa shape index (κ1) is 15.7. The second kappa shape index (κ2) is 6.83. The summed E-state index contributed by atoms with van der Waals surface area (Å²) in [4.78, 5) is 11.2. The maximum absolute atomic E-state index is 11.2. The zero-order valence-electron chi connectivity index (χ0n) is 13.0. The van der Waals surface area contributed by atoms with Crippen molar-refractivity contribution in [2.24, 2.45) is 17.8 Å². The van der Waals surface area contributed by atoms with Gasteiger partial charge in [0.1, 0.15) is 11.5 Å². The number of benzene rings is 1. The van der Waals surface area contributed by atoms with Crippen molar-refractivity contribution in [2.75, 3.05) is 13.2 Å². The van der Waals surface area contributed by atoms with E-state index in [9.17, 15) is 9.90 Å². The Labute approximate surface area is 126 Å². The number of rotatable bonds is 8. The second-order valence-corrected chi connectivity index (χ2v) is 6.11. The Morgan fingerprint density at radius 3 is 2.48 bits per heavy atom. The van der Waals surface area contributed by atoms with Gasteiger partial charge in [-0.3, -0.25) is 0 Å². The molecule has 4 heteroatoms. The highest BCUT2D eigenvalue weighted by Crippen LogP contribution is 2.38. The molecule has 0 bridgehead atoms. The van der Waals surface area contributed by atoms with Crippen LogP contribution in [0.1, 0.15) is 44.0 Å². The number of hydrogen-bond acceptors (Lipinski definition) is 3. The minimum atomic E-state index is -0.964. The highest BCUT2D eigenvalue weighted by Gasteiger charge is 2.33. The maximum Gasteiger partial charge on any atom is 0.335 e. The number of carboxylic acid groups (broad SMARTS) is 1. The molecular formula is C17H24O4. The van der Waals surface area contributed by atoms with Gasteiger partial charge in [-0.2, -0.15) is 0 Å². The molecule has 0 saturated heterocycles. The molecule has 0 aliphatic heterocycles. The molecule has 1 aromatic carbocycles. The topological polar surface area (TPSA) is 55.8 Å². The average molecular weight is 292 g/mol. The summed E-state index contributed by atoms with van der Waals surface area (Å²) in [6.07, 6.45) is 2.22.